The van der Waals surface area contributed by atoms with E-state index in [0.717, 1.165) is 108 Å². The quantitative estimate of drug-likeness (QED) is 0.0222. The number of rotatable bonds is 74. The first kappa shape index (κ1) is 93.1. The highest BCUT2D eigenvalue weighted by Gasteiger charge is 2.30. The fourth-order valence-corrected chi connectivity index (χ4v) is 13.1. The highest BCUT2D eigenvalue weighted by atomic mass is 31.2. The van der Waals surface area contributed by atoms with Gasteiger partial charge in [0.25, 0.3) is 0 Å². The summed E-state index contributed by atoms with van der Waals surface area (Å²) in [5, 5.41) is 10.6. The second-order valence-corrected chi connectivity index (χ2v) is 31.5. The number of ether oxygens (including phenoxy) is 4. The molecule has 95 heavy (non-hydrogen) atoms. The summed E-state index contributed by atoms with van der Waals surface area (Å²) in [4.78, 5) is 72.9. The molecule has 0 spiro atoms. The Morgan fingerprint density at radius 3 is 0.800 bits per heavy atom. The average molecular weight is 1400 g/mol. The van der Waals surface area contributed by atoms with E-state index in [-0.39, 0.29) is 25.7 Å². The van der Waals surface area contributed by atoms with Gasteiger partial charge < -0.3 is 33.8 Å². The Morgan fingerprint density at radius 2 is 0.537 bits per heavy atom. The molecule has 0 aliphatic heterocycles. The van der Waals surface area contributed by atoms with Crippen molar-refractivity contribution in [3.8, 4) is 0 Å². The van der Waals surface area contributed by atoms with E-state index in [2.05, 4.69) is 48.5 Å². The molecule has 0 saturated carbocycles. The standard InChI is InChI=1S/C76H148O17P2/c1-8-10-11-12-13-14-15-16-17-18-21-30-38-45-52-59-75(80)92-71(63-86-73(78)57-50-43-36-29-22-19-20-26-33-40-47-54-67(3)4)65-90-94(82,83)88-61-70(77)62-89-95(84,85)91-66-72(64-87-74(79)58-51-44-37-32-25-27-34-41-48-55-68(5)6)93-76(81)60-53-46-39-31-24-23-28-35-42-49-56-69(7)9-2/h67-72,77H,8-66H2,1-7H3,(H,82,83)(H,84,85)/t69?,70-,71-,72-/m1/s1. The van der Waals surface area contributed by atoms with Crippen molar-refractivity contribution in [1.29, 1.82) is 0 Å². The van der Waals surface area contributed by atoms with Gasteiger partial charge in [0, 0.05) is 25.7 Å². The summed E-state index contributed by atoms with van der Waals surface area (Å²) < 4.78 is 68.6. The van der Waals surface area contributed by atoms with Gasteiger partial charge in [-0.2, -0.15) is 0 Å². The predicted octanol–water partition coefficient (Wildman–Crippen LogP) is 22.2. The third kappa shape index (κ3) is 69.0. The molecule has 0 saturated heterocycles. The number of carbonyl (C=O) groups excluding carboxylic acids is 4. The van der Waals surface area contributed by atoms with Gasteiger partial charge in [-0.3, -0.25) is 37.3 Å². The van der Waals surface area contributed by atoms with Gasteiger partial charge in [0.05, 0.1) is 26.4 Å². The number of unbranched alkanes of at least 4 members (excludes halogenated alkanes) is 41. The number of carbonyl (C=O) groups is 4. The fourth-order valence-electron chi connectivity index (χ4n) is 11.6. The third-order valence-corrected chi connectivity index (χ3v) is 19.9. The molecule has 3 unspecified atom stereocenters. The monoisotopic (exact) mass is 1400 g/mol. The topological polar surface area (TPSA) is 237 Å². The molecule has 0 aliphatic rings. The Morgan fingerprint density at radius 1 is 0.305 bits per heavy atom. The number of aliphatic hydroxyl groups excluding tert-OH is 1. The van der Waals surface area contributed by atoms with Crippen LogP contribution in [0.4, 0.5) is 0 Å². The lowest BCUT2D eigenvalue weighted by molar-refractivity contribution is -0.161. The summed E-state index contributed by atoms with van der Waals surface area (Å²) >= 11 is 0. The first-order valence-electron chi connectivity index (χ1n) is 39.4. The lowest BCUT2D eigenvalue weighted by Crippen LogP contribution is -2.30. The number of hydrogen-bond acceptors (Lipinski definition) is 15. The van der Waals surface area contributed by atoms with E-state index in [1.165, 1.54) is 199 Å². The molecule has 0 radical (unpaired) electrons. The molecule has 0 rings (SSSR count). The molecular weight excluding hydrogens is 1250 g/mol. The smallest absolute Gasteiger partial charge is 0.462 e. The molecular formula is C76H148O17P2. The van der Waals surface area contributed by atoms with Gasteiger partial charge >= 0.3 is 39.5 Å². The molecule has 0 fully saturated rings. The van der Waals surface area contributed by atoms with Gasteiger partial charge in [0.2, 0.25) is 0 Å². The number of phosphoric ester groups is 2. The SMILES string of the molecule is CCCCCCCCCCCCCCCCCC(=O)O[C@H](COC(=O)CCCCCCCCCCCCCC(C)C)COP(=O)(O)OC[C@@H](O)COP(=O)(O)OC[C@@H](COC(=O)CCCCCCCCCCCC(C)C)OC(=O)CCCCCCCCCCCCC(C)CC. The summed E-state index contributed by atoms with van der Waals surface area (Å²) in [7, 11) is -9.91. The van der Waals surface area contributed by atoms with Gasteiger partial charge in [-0.1, -0.05) is 337 Å². The van der Waals surface area contributed by atoms with Crippen molar-refractivity contribution in [3.05, 3.63) is 0 Å². The lowest BCUT2D eigenvalue weighted by Gasteiger charge is -2.21. The number of esters is 4. The summed E-state index contributed by atoms with van der Waals surface area (Å²) in [6.45, 7) is 11.9. The Labute approximate surface area is 581 Å². The third-order valence-electron chi connectivity index (χ3n) is 18.0. The Balaban J connectivity index is 5.28. The maximum absolute atomic E-state index is 13.1. The van der Waals surface area contributed by atoms with E-state index in [1.807, 2.05) is 0 Å². The first-order chi connectivity index (χ1) is 45.8. The zero-order chi connectivity index (χ0) is 70.1. The second-order valence-electron chi connectivity index (χ2n) is 28.6. The molecule has 17 nitrogen and oxygen atoms in total. The van der Waals surface area contributed by atoms with Crippen LogP contribution < -0.4 is 0 Å². The van der Waals surface area contributed by atoms with E-state index in [4.69, 9.17) is 37.0 Å². The highest BCUT2D eigenvalue weighted by Crippen LogP contribution is 2.45. The Bertz CT molecular complexity index is 1850. The van der Waals surface area contributed by atoms with Crippen molar-refractivity contribution in [2.45, 2.75) is 407 Å². The predicted molar refractivity (Wildman–Crippen MR) is 386 cm³/mol. The van der Waals surface area contributed by atoms with E-state index in [0.29, 0.717) is 25.7 Å². The number of hydrogen-bond donors (Lipinski definition) is 3. The highest BCUT2D eigenvalue weighted by molar-refractivity contribution is 7.47. The summed E-state index contributed by atoms with van der Waals surface area (Å²) in [5.41, 5.74) is 0. The summed E-state index contributed by atoms with van der Waals surface area (Å²) in [6.07, 6.45) is 52.5. The molecule has 0 aromatic rings. The Hall–Kier alpha value is -1.94. The van der Waals surface area contributed by atoms with Crippen LogP contribution in [-0.4, -0.2) is 96.7 Å². The first-order valence-corrected chi connectivity index (χ1v) is 42.4. The van der Waals surface area contributed by atoms with Crippen molar-refractivity contribution in [1.82, 2.24) is 0 Å². The molecule has 6 atom stereocenters. The van der Waals surface area contributed by atoms with Crippen LogP contribution in [0.5, 0.6) is 0 Å². The molecule has 0 heterocycles. The molecule has 0 aromatic carbocycles. The zero-order valence-electron chi connectivity index (χ0n) is 62.1. The maximum atomic E-state index is 13.1. The van der Waals surface area contributed by atoms with Crippen LogP contribution >= 0.6 is 15.6 Å². The molecule has 0 aliphatic carbocycles. The largest absolute Gasteiger partial charge is 0.472 e. The Kier molecular flexibility index (Phi) is 65.2. The zero-order valence-corrected chi connectivity index (χ0v) is 63.9. The molecule has 0 bridgehead atoms. The van der Waals surface area contributed by atoms with Gasteiger partial charge in [-0.25, -0.2) is 9.13 Å². The van der Waals surface area contributed by atoms with Crippen LogP contribution in [0.15, 0.2) is 0 Å². The van der Waals surface area contributed by atoms with Crippen molar-refractivity contribution in [2.24, 2.45) is 17.8 Å². The van der Waals surface area contributed by atoms with Crippen LogP contribution in [0.2, 0.25) is 0 Å². The van der Waals surface area contributed by atoms with Crippen molar-refractivity contribution in [3.63, 3.8) is 0 Å². The molecule has 0 amide bonds. The normalized spacial score (nSPS) is 14.4. The fraction of sp³-hybridized carbons (Fsp3) is 0.947. The van der Waals surface area contributed by atoms with Gasteiger partial charge in [0.1, 0.15) is 19.3 Å². The van der Waals surface area contributed by atoms with Gasteiger partial charge in [0.15, 0.2) is 12.2 Å². The van der Waals surface area contributed by atoms with Crippen LogP contribution in [0, 0.1) is 17.8 Å². The molecule has 19 heteroatoms. The minimum Gasteiger partial charge on any atom is -0.462 e. The van der Waals surface area contributed by atoms with Crippen molar-refractivity contribution < 1.29 is 80.2 Å². The van der Waals surface area contributed by atoms with E-state index >= 15 is 0 Å². The lowest BCUT2D eigenvalue weighted by atomic mass is 9.99. The van der Waals surface area contributed by atoms with Crippen LogP contribution in [0.1, 0.15) is 389 Å². The molecule has 0 aromatic heterocycles. The minimum absolute atomic E-state index is 0.106. The van der Waals surface area contributed by atoms with E-state index in [1.54, 1.807) is 0 Å². The van der Waals surface area contributed by atoms with Crippen molar-refractivity contribution in [2.75, 3.05) is 39.6 Å². The van der Waals surface area contributed by atoms with E-state index < -0.39 is 97.5 Å². The van der Waals surface area contributed by atoms with Crippen molar-refractivity contribution >= 4 is 39.5 Å². The number of aliphatic hydroxyl groups is 1. The summed E-state index contributed by atoms with van der Waals surface area (Å²) in [5.74, 6) is 0.202. The minimum atomic E-state index is -4.96. The van der Waals surface area contributed by atoms with Crippen LogP contribution in [-0.2, 0) is 65.4 Å². The summed E-state index contributed by atoms with van der Waals surface area (Å²) in [6, 6.07) is 0. The second kappa shape index (κ2) is 66.6. The van der Waals surface area contributed by atoms with Crippen LogP contribution in [0.25, 0.3) is 0 Å². The molecule has 564 valence electrons. The molecule has 3 N–H and O–H groups in total. The van der Waals surface area contributed by atoms with E-state index in [9.17, 15) is 43.2 Å². The van der Waals surface area contributed by atoms with Gasteiger partial charge in [-0.05, 0) is 43.4 Å². The number of phosphoric acid groups is 2. The maximum Gasteiger partial charge on any atom is 0.472 e. The van der Waals surface area contributed by atoms with Gasteiger partial charge in [-0.15, -0.1) is 0 Å². The average Bonchev–Trinajstić information content (AvgIpc) is 3.55. The van der Waals surface area contributed by atoms with Crippen LogP contribution in [0.3, 0.4) is 0 Å².